The van der Waals surface area contributed by atoms with Gasteiger partial charge in [0.15, 0.2) is 11.8 Å². The zero-order valence-electron chi connectivity index (χ0n) is 13.5. The summed E-state index contributed by atoms with van der Waals surface area (Å²) in [5.74, 6) is -6.31. The Kier molecular flexibility index (Phi) is 9.93. The zero-order chi connectivity index (χ0) is 19.6. The fourth-order valence-corrected chi connectivity index (χ4v) is 2.11. The predicted octanol–water partition coefficient (Wildman–Crippen LogP) is -2.91. The minimum atomic E-state index is -1.75. The summed E-state index contributed by atoms with van der Waals surface area (Å²) < 4.78 is 0. The Hall–Kier alpha value is -2.57. The van der Waals surface area contributed by atoms with E-state index < -0.39 is 55.3 Å². The number of rotatable bonds is 14. The number of nitrogens with one attached hydrogen (secondary N) is 1. The van der Waals surface area contributed by atoms with Crippen LogP contribution in [0.3, 0.4) is 0 Å². The predicted molar refractivity (Wildman–Crippen MR) is 81.3 cm³/mol. The molecule has 25 heavy (non-hydrogen) atoms. The second-order valence-corrected chi connectivity index (χ2v) is 5.10. The molecule has 1 atom stereocenters. The molecule has 0 aromatic carbocycles. The summed E-state index contributed by atoms with van der Waals surface area (Å²) in [5, 5.41) is 38.1. The number of carboxylic acid groups (broad SMARTS) is 4. The maximum absolute atomic E-state index is 11.9. The molecule has 5 N–H and O–H groups in total. The van der Waals surface area contributed by atoms with Crippen molar-refractivity contribution < 1.29 is 44.4 Å². The van der Waals surface area contributed by atoms with Crippen LogP contribution in [0.1, 0.15) is 0 Å². The number of hydrogen-bond acceptors (Lipinski definition) is 8. The fraction of sp³-hybridized carbons (Fsp3) is 0.615. The van der Waals surface area contributed by atoms with E-state index in [2.05, 4.69) is 5.32 Å². The van der Waals surface area contributed by atoms with Gasteiger partial charge in [0.2, 0.25) is 0 Å². The molecule has 0 heterocycles. The van der Waals surface area contributed by atoms with Gasteiger partial charge in [0.25, 0.3) is 0 Å². The van der Waals surface area contributed by atoms with Gasteiger partial charge in [-0.05, 0) is 7.05 Å². The highest BCUT2D eigenvalue weighted by Crippen LogP contribution is 2.04. The Morgan fingerprint density at radius 2 is 1.32 bits per heavy atom. The molecule has 12 heteroatoms. The Bertz CT molecular complexity index is 507. The lowest BCUT2D eigenvalue weighted by Gasteiger charge is -2.28. The number of nitrogens with zero attached hydrogens (tertiary/aromatic N) is 2. The SMILES string of the molecule is CNCC(=O)C(C(=O)O)N(CCN(CC(=O)O)CC(=O)O)CC(=O)O. The van der Waals surface area contributed by atoms with E-state index >= 15 is 0 Å². The third-order valence-corrected chi connectivity index (χ3v) is 3.01. The first kappa shape index (κ1) is 22.4. The Balaban J connectivity index is 5.24. The molecule has 0 aliphatic carbocycles. The fourth-order valence-electron chi connectivity index (χ4n) is 2.11. The van der Waals surface area contributed by atoms with E-state index in [4.69, 9.17) is 15.3 Å². The molecule has 142 valence electrons. The van der Waals surface area contributed by atoms with Crippen LogP contribution in [0, 0.1) is 0 Å². The van der Waals surface area contributed by atoms with Gasteiger partial charge in [-0.3, -0.25) is 33.8 Å². The Morgan fingerprint density at radius 1 is 0.840 bits per heavy atom. The molecule has 0 saturated carbocycles. The van der Waals surface area contributed by atoms with E-state index in [1.165, 1.54) is 7.05 Å². The van der Waals surface area contributed by atoms with Crippen LogP contribution >= 0.6 is 0 Å². The van der Waals surface area contributed by atoms with Crippen molar-refractivity contribution in [1.29, 1.82) is 0 Å². The van der Waals surface area contributed by atoms with Gasteiger partial charge in [-0.15, -0.1) is 0 Å². The average molecular weight is 363 g/mol. The Labute approximate surface area is 142 Å². The molecular weight excluding hydrogens is 342 g/mol. The highest BCUT2D eigenvalue weighted by Gasteiger charge is 2.33. The molecule has 0 amide bonds. The first-order valence-electron chi connectivity index (χ1n) is 7.10. The number of aliphatic carboxylic acids is 4. The lowest BCUT2D eigenvalue weighted by molar-refractivity contribution is -0.151. The molecule has 0 aromatic rings. The quantitative estimate of drug-likeness (QED) is 0.198. The van der Waals surface area contributed by atoms with Crippen molar-refractivity contribution in [2.24, 2.45) is 0 Å². The molecule has 0 rings (SSSR count). The van der Waals surface area contributed by atoms with E-state index in [-0.39, 0.29) is 19.6 Å². The molecule has 12 nitrogen and oxygen atoms in total. The molecule has 0 radical (unpaired) electrons. The number of carbonyl (C=O) groups is 5. The number of ketones is 1. The smallest absolute Gasteiger partial charge is 0.328 e. The molecular formula is C13H21N3O9. The standard InChI is InChI=1S/C13H21N3O9/c1-14-4-8(17)12(13(24)25)16(7-11(22)23)3-2-15(5-9(18)19)6-10(20)21/h12,14H,2-7H2,1H3,(H,18,19)(H,20,21)(H,22,23)(H,24,25). The topological polar surface area (TPSA) is 185 Å². The van der Waals surface area contributed by atoms with Crippen LogP contribution in [-0.4, -0.2) is 112 Å². The molecule has 0 fully saturated rings. The first-order valence-corrected chi connectivity index (χ1v) is 7.10. The van der Waals surface area contributed by atoms with Crippen molar-refractivity contribution in [3.63, 3.8) is 0 Å². The zero-order valence-corrected chi connectivity index (χ0v) is 13.5. The summed E-state index contributed by atoms with van der Waals surface area (Å²) in [6.45, 7) is -2.91. The van der Waals surface area contributed by atoms with Crippen LogP contribution in [0.5, 0.6) is 0 Å². The lowest BCUT2D eigenvalue weighted by atomic mass is 10.1. The monoisotopic (exact) mass is 363 g/mol. The summed E-state index contributed by atoms with van der Waals surface area (Å²) in [6.07, 6.45) is 0. The molecule has 0 aromatic heterocycles. The number of carbonyl (C=O) groups excluding carboxylic acids is 1. The highest BCUT2D eigenvalue weighted by atomic mass is 16.4. The molecule has 0 aliphatic heterocycles. The summed E-state index contributed by atoms with van der Waals surface area (Å²) in [6, 6.07) is -1.75. The van der Waals surface area contributed by atoms with E-state index in [1.54, 1.807) is 0 Å². The van der Waals surface area contributed by atoms with Crippen LogP contribution < -0.4 is 5.32 Å². The molecule has 0 saturated heterocycles. The molecule has 0 spiro atoms. The van der Waals surface area contributed by atoms with Crippen molar-refractivity contribution in [1.82, 2.24) is 15.1 Å². The van der Waals surface area contributed by atoms with Gasteiger partial charge in [-0.1, -0.05) is 0 Å². The van der Waals surface area contributed by atoms with Crippen LogP contribution in [0.25, 0.3) is 0 Å². The number of Topliss-reactive ketones (excluding diaryl/α,β-unsaturated/α-hetero) is 1. The maximum atomic E-state index is 11.9. The van der Waals surface area contributed by atoms with Gasteiger partial charge < -0.3 is 25.7 Å². The number of hydrogen-bond donors (Lipinski definition) is 5. The second-order valence-electron chi connectivity index (χ2n) is 5.10. The van der Waals surface area contributed by atoms with Crippen molar-refractivity contribution in [2.75, 3.05) is 46.3 Å². The summed E-state index contributed by atoms with van der Waals surface area (Å²) in [4.78, 5) is 57.6. The third kappa shape index (κ3) is 9.34. The minimum absolute atomic E-state index is 0.248. The normalized spacial score (nSPS) is 12.1. The van der Waals surface area contributed by atoms with Crippen LogP contribution in [-0.2, 0) is 24.0 Å². The third-order valence-electron chi connectivity index (χ3n) is 3.01. The summed E-state index contributed by atoms with van der Waals surface area (Å²) >= 11 is 0. The van der Waals surface area contributed by atoms with Crippen LogP contribution in [0.15, 0.2) is 0 Å². The Morgan fingerprint density at radius 3 is 1.68 bits per heavy atom. The van der Waals surface area contributed by atoms with Crippen molar-refractivity contribution in [3.05, 3.63) is 0 Å². The van der Waals surface area contributed by atoms with Gasteiger partial charge >= 0.3 is 23.9 Å². The van der Waals surface area contributed by atoms with Crippen molar-refractivity contribution >= 4 is 29.7 Å². The van der Waals surface area contributed by atoms with Gasteiger partial charge in [0, 0.05) is 13.1 Å². The first-order chi connectivity index (χ1) is 11.6. The minimum Gasteiger partial charge on any atom is -0.480 e. The number of likely N-dealkylation sites (N-methyl/N-ethyl adjacent to an activating group) is 1. The average Bonchev–Trinajstić information content (AvgIpc) is 2.42. The van der Waals surface area contributed by atoms with E-state index in [0.29, 0.717) is 0 Å². The molecule has 0 aliphatic rings. The largest absolute Gasteiger partial charge is 0.480 e. The van der Waals surface area contributed by atoms with Crippen molar-refractivity contribution in [3.8, 4) is 0 Å². The van der Waals surface area contributed by atoms with Gasteiger partial charge in [0.1, 0.15) is 0 Å². The maximum Gasteiger partial charge on any atom is 0.328 e. The molecule has 1 unspecified atom stereocenters. The number of carboxylic acids is 4. The van der Waals surface area contributed by atoms with Gasteiger partial charge in [-0.2, -0.15) is 0 Å². The highest BCUT2D eigenvalue weighted by molar-refractivity contribution is 6.03. The van der Waals surface area contributed by atoms with E-state index in [9.17, 15) is 29.1 Å². The summed E-state index contributed by atoms with van der Waals surface area (Å²) in [7, 11) is 1.42. The van der Waals surface area contributed by atoms with Gasteiger partial charge in [-0.25, -0.2) is 0 Å². The van der Waals surface area contributed by atoms with Crippen LogP contribution in [0.2, 0.25) is 0 Å². The van der Waals surface area contributed by atoms with E-state index in [1.807, 2.05) is 0 Å². The van der Waals surface area contributed by atoms with E-state index in [0.717, 1.165) is 9.80 Å². The second kappa shape index (κ2) is 11.1. The van der Waals surface area contributed by atoms with Crippen LogP contribution in [0.4, 0.5) is 0 Å². The van der Waals surface area contributed by atoms with Gasteiger partial charge in [0.05, 0.1) is 26.2 Å². The summed E-state index contributed by atoms with van der Waals surface area (Å²) in [5.41, 5.74) is 0. The van der Waals surface area contributed by atoms with Crippen molar-refractivity contribution in [2.45, 2.75) is 6.04 Å². The molecule has 0 bridgehead atoms. The lowest BCUT2D eigenvalue weighted by Crippen LogP contribution is -2.53.